The molecule has 0 aromatic heterocycles. The smallest absolute Gasteiger partial charge is 0.0863 e. The van der Waals surface area contributed by atoms with Crippen LogP contribution in [0.15, 0.2) is 40.0 Å². The second-order valence-corrected chi connectivity index (χ2v) is 7.92. The highest BCUT2D eigenvalue weighted by molar-refractivity contribution is 7.99. The normalized spacial score (nSPS) is 40.1. The monoisotopic (exact) mass is 272 g/mol. The standard InChI is InChI=1S/C16H20N2S/c1-2-4-15(5-3-1)17-18-19-16-9-12-6-13(10-16)8-14(7-12)11-16/h1-5,12-14H,6-11H2. The molecule has 0 N–H and O–H groups in total. The van der Waals surface area contributed by atoms with E-state index in [0.717, 1.165) is 23.4 Å². The Morgan fingerprint density at radius 2 is 1.47 bits per heavy atom. The molecule has 0 atom stereocenters. The van der Waals surface area contributed by atoms with Crippen molar-refractivity contribution < 1.29 is 0 Å². The number of rotatable bonds is 3. The number of nitrogens with zero attached hydrogens (tertiary/aromatic N) is 2. The second-order valence-electron chi connectivity index (χ2n) is 6.71. The fourth-order valence-corrected chi connectivity index (χ4v) is 6.03. The van der Waals surface area contributed by atoms with Crippen molar-refractivity contribution in [2.45, 2.75) is 43.3 Å². The van der Waals surface area contributed by atoms with Gasteiger partial charge in [-0.15, -0.1) is 9.63 Å². The minimum Gasteiger partial charge on any atom is -0.144 e. The van der Waals surface area contributed by atoms with Gasteiger partial charge in [0.25, 0.3) is 0 Å². The van der Waals surface area contributed by atoms with E-state index in [1.807, 2.05) is 30.3 Å². The summed E-state index contributed by atoms with van der Waals surface area (Å²) >= 11 is 1.79. The fourth-order valence-electron chi connectivity index (χ4n) is 4.79. The maximum atomic E-state index is 4.47. The molecule has 4 fully saturated rings. The van der Waals surface area contributed by atoms with Gasteiger partial charge in [-0.3, -0.25) is 0 Å². The molecular weight excluding hydrogens is 252 g/mol. The molecule has 3 heteroatoms. The minimum absolute atomic E-state index is 0.438. The largest absolute Gasteiger partial charge is 0.144 e. The fraction of sp³-hybridized carbons (Fsp3) is 0.625. The Hall–Kier alpha value is -0.830. The first-order chi connectivity index (χ1) is 9.31. The van der Waals surface area contributed by atoms with Crippen LogP contribution in [0.1, 0.15) is 38.5 Å². The van der Waals surface area contributed by atoms with Crippen LogP contribution in [0.5, 0.6) is 0 Å². The first-order valence-corrected chi connectivity index (χ1v) is 8.23. The van der Waals surface area contributed by atoms with Crippen molar-refractivity contribution >= 4 is 17.6 Å². The molecule has 1 aromatic rings. The Balaban J connectivity index is 1.47. The number of hydrogen-bond acceptors (Lipinski definition) is 3. The van der Waals surface area contributed by atoms with Crippen LogP contribution in [-0.4, -0.2) is 4.75 Å². The molecule has 0 spiro atoms. The molecule has 0 heterocycles. The summed E-state index contributed by atoms with van der Waals surface area (Å²) in [7, 11) is 0. The summed E-state index contributed by atoms with van der Waals surface area (Å²) in [4.78, 5) is 0. The first kappa shape index (κ1) is 12.0. The molecular formula is C16H20N2S. The minimum atomic E-state index is 0.438. The molecule has 0 unspecified atom stereocenters. The average molecular weight is 272 g/mol. The van der Waals surface area contributed by atoms with Crippen LogP contribution in [0.2, 0.25) is 0 Å². The summed E-state index contributed by atoms with van der Waals surface area (Å²) in [5.41, 5.74) is 0.972. The zero-order valence-electron chi connectivity index (χ0n) is 11.2. The van der Waals surface area contributed by atoms with Gasteiger partial charge in [-0.1, -0.05) is 18.2 Å². The van der Waals surface area contributed by atoms with Gasteiger partial charge in [0, 0.05) is 16.7 Å². The first-order valence-electron chi connectivity index (χ1n) is 7.46. The van der Waals surface area contributed by atoms with Gasteiger partial charge in [-0.05, 0) is 68.4 Å². The van der Waals surface area contributed by atoms with Gasteiger partial charge < -0.3 is 0 Å². The van der Waals surface area contributed by atoms with Gasteiger partial charge in [0.15, 0.2) is 0 Å². The van der Waals surface area contributed by atoms with Crippen LogP contribution in [-0.2, 0) is 0 Å². The Morgan fingerprint density at radius 3 is 2.05 bits per heavy atom. The maximum Gasteiger partial charge on any atom is 0.0863 e. The predicted octanol–water partition coefficient (Wildman–Crippen LogP) is 5.39. The van der Waals surface area contributed by atoms with Crippen molar-refractivity contribution in [1.29, 1.82) is 0 Å². The van der Waals surface area contributed by atoms with E-state index >= 15 is 0 Å². The van der Waals surface area contributed by atoms with Crippen molar-refractivity contribution in [3.63, 3.8) is 0 Å². The van der Waals surface area contributed by atoms with E-state index in [1.54, 1.807) is 11.9 Å². The predicted molar refractivity (Wildman–Crippen MR) is 79.5 cm³/mol. The van der Waals surface area contributed by atoms with Gasteiger partial charge in [-0.25, -0.2) is 0 Å². The molecule has 5 rings (SSSR count). The molecule has 100 valence electrons. The third-order valence-electron chi connectivity index (χ3n) is 5.13. The van der Waals surface area contributed by atoms with Gasteiger partial charge in [0.1, 0.15) is 0 Å². The Morgan fingerprint density at radius 1 is 0.895 bits per heavy atom. The lowest BCUT2D eigenvalue weighted by molar-refractivity contribution is 0.0383. The number of benzene rings is 1. The topological polar surface area (TPSA) is 24.7 Å². The van der Waals surface area contributed by atoms with E-state index in [2.05, 4.69) is 9.63 Å². The molecule has 0 amide bonds. The Kier molecular flexibility index (Phi) is 2.91. The molecule has 19 heavy (non-hydrogen) atoms. The van der Waals surface area contributed by atoms with Gasteiger partial charge in [0.05, 0.1) is 5.69 Å². The van der Waals surface area contributed by atoms with Crippen LogP contribution in [0.25, 0.3) is 0 Å². The van der Waals surface area contributed by atoms with E-state index in [-0.39, 0.29) is 0 Å². The van der Waals surface area contributed by atoms with Crippen molar-refractivity contribution in [2.24, 2.45) is 27.4 Å². The highest BCUT2D eigenvalue weighted by Crippen LogP contribution is 2.60. The van der Waals surface area contributed by atoms with Crippen LogP contribution < -0.4 is 0 Å². The molecule has 4 aliphatic rings. The summed E-state index contributed by atoms with van der Waals surface area (Å²) in [5.74, 6) is 2.97. The van der Waals surface area contributed by atoms with Crippen LogP contribution in [0, 0.1) is 17.8 Å². The van der Waals surface area contributed by atoms with Crippen LogP contribution in [0.4, 0.5) is 5.69 Å². The van der Waals surface area contributed by atoms with Crippen molar-refractivity contribution in [1.82, 2.24) is 0 Å². The van der Waals surface area contributed by atoms with E-state index < -0.39 is 0 Å². The van der Waals surface area contributed by atoms with Crippen LogP contribution >= 0.6 is 11.9 Å². The lowest BCUT2D eigenvalue weighted by Gasteiger charge is -2.55. The molecule has 4 saturated carbocycles. The SMILES string of the molecule is c1ccc(N=NSC23CC4CC(CC(C4)C2)C3)cc1. The van der Waals surface area contributed by atoms with E-state index in [0.29, 0.717) is 4.75 Å². The average Bonchev–Trinajstić information content (AvgIpc) is 2.38. The molecule has 4 aliphatic carbocycles. The molecule has 2 nitrogen and oxygen atoms in total. The van der Waals surface area contributed by atoms with E-state index in [4.69, 9.17) is 0 Å². The zero-order valence-corrected chi connectivity index (χ0v) is 12.0. The van der Waals surface area contributed by atoms with Crippen molar-refractivity contribution in [3.05, 3.63) is 30.3 Å². The van der Waals surface area contributed by atoms with E-state index in [1.165, 1.54) is 38.5 Å². The summed E-state index contributed by atoms with van der Waals surface area (Å²) in [5, 5.41) is 4.37. The lowest BCUT2D eigenvalue weighted by atomic mass is 9.56. The molecule has 4 bridgehead atoms. The van der Waals surface area contributed by atoms with Crippen LogP contribution in [0.3, 0.4) is 0 Å². The molecule has 0 aliphatic heterocycles. The summed E-state index contributed by atoms with van der Waals surface area (Å²) < 4.78 is 4.91. The molecule has 0 saturated heterocycles. The summed E-state index contributed by atoms with van der Waals surface area (Å²) in [6.07, 6.45) is 8.65. The highest BCUT2D eigenvalue weighted by atomic mass is 32.2. The van der Waals surface area contributed by atoms with Gasteiger partial charge in [-0.2, -0.15) is 0 Å². The number of hydrogen-bond donors (Lipinski definition) is 0. The summed E-state index contributed by atoms with van der Waals surface area (Å²) in [6.45, 7) is 0. The van der Waals surface area contributed by atoms with E-state index in [9.17, 15) is 0 Å². The second kappa shape index (κ2) is 4.62. The highest BCUT2D eigenvalue weighted by Gasteiger charge is 2.51. The van der Waals surface area contributed by atoms with Crippen molar-refractivity contribution in [2.75, 3.05) is 0 Å². The Bertz CT molecular complexity index is 447. The maximum absolute atomic E-state index is 4.47. The van der Waals surface area contributed by atoms with Gasteiger partial charge >= 0.3 is 0 Å². The third kappa shape index (κ3) is 2.33. The summed E-state index contributed by atoms with van der Waals surface area (Å²) in [6, 6.07) is 10.1. The molecule has 0 radical (unpaired) electrons. The Labute approximate surface area is 119 Å². The quantitative estimate of drug-likeness (QED) is 0.535. The zero-order chi connectivity index (χ0) is 12.7. The lowest BCUT2D eigenvalue weighted by Crippen LogP contribution is -2.48. The third-order valence-corrected chi connectivity index (χ3v) is 6.18. The van der Waals surface area contributed by atoms with Gasteiger partial charge in [0.2, 0.25) is 0 Å². The van der Waals surface area contributed by atoms with Crippen molar-refractivity contribution in [3.8, 4) is 0 Å². The molecule has 1 aromatic carbocycles.